The van der Waals surface area contributed by atoms with Gasteiger partial charge in [-0.1, -0.05) is 5.21 Å². The minimum absolute atomic E-state index is 0.0951. The minimum atomic E-state index is -0.0951. The first-order valence-electron chi connectivity index (χ1n) is 16.9. The second kappa shape index (κ2) is 31.8. The average Bonchev–Trinajstić information content (AvgIpc) is 3.61. The maximum Gasteiger partial charge on any atom is 0.222 e. The van der Waals surface area contributed by atoms with Gasteiger partial charge in [-0.05, 0) is 24.3 Å². The number of hydrogen-bond donors (Lipinski definition) is 2. The molecule has 50 heavy (non-hydrogen) atoms. The van der Waals surface area contributed by atoms with E-state index in [4.69, 9.17) is 58.4 Å². The molecule has 2 aromatic rings. The summed E-state index contributed by atoms with van der Waals surface area (Å²) in [4.78, 5) is 11.9. The minimum Gasteiger partial charge on any atom is -0.379 e. The van der Waals surface area contributed by atoms with Crippen molar-refractivity contribution in [2.45, 2.75) is 13.0 Å². The van der Waals surface area contributed by atoms with Crippen molar-refractivity contribution in [2.24, 2.45) is 5.73 Å². The van der Waals surface area contributed by atoms with Crippen LogP contribution in [0.3, 0.4) is 0 Å². The van der Waals surface area contributed by atoms with Crippen molar-refractivity contribution >= 4 is 5.91 Å². The van der Waals surface area contributed by atoms with Crippen LogP contribution in [0, 0.1) is 11.3 Å². The summed E-state index contributed by atoms with van der Waals surface area (Å²) in [5.74, 6) is -0.0951. The lowest BCUT2D eigenvalue weighted by molar-refractivity contribution is -0.122. The summed E-state index contributed by atoms with van der Waals surface area (Å²) in [6.45, 7) is 9.92. The van der Waals surface area contributed by atoms with Gasteiger partial charge in [0.25, 0.3) is 0 Å². The number of nitrogens with two attached hydrogens (primary N) is 1. The SMILES string of the molecule is N#Cc1ccc(-n2cc(COCCOCCOCCOCCOCCC(=O)NCCOCCOCCOCCOCCOCCN)nn2)cc1. The van der Waals surface area contributed by atoms with Crippen molar-refractivity contribution < 1.29 is 52.2 Å². The Labute approximate surface area is 294 Å². The highest BCUT2D eigenvalue weighted by Gasteiger charge is 2.04. The van der Waals surface area contributed by atoms with E-state index >= 15 is 0 Å². The van der Waals surface area contributed by atoms with Crippen LogP contribution in [0.25, 0.3) is 5.69 Å². The third-order valence-electron chi connectivity index (χ3n) is 6.33. The molecule has 282 valence electrons. The number of carbonyl (C=O) groups excluding carboxylic acids is 1. The Morgan fingerprint density at radius 3 is 1.56 bits per heavy atom. The van der Waals surface area contributed by atoms with E-state index in [9.17, 15) is 4.79 Å². The lowest BCUT2D eigenvalue weighted by atomic mass is 10.2. The largest absolute Gasteiger partial charge is 0.379 e. The van der Waals surface area contributed by atoms with Gasteiger partial charge in [-0.15, -0.1) is 5.10 Å². The molecule has 17 heteroatoms. The van der Waals surface area contributed by atoms with Gasteiger partial charge in [0, 0.05) is 19.5 Å². The maximum absolute atomic E-state index is 11.9. The molecule has 1 amide bonds. The number of benzene rings is 1. The molecule has 0 unspecified atom stereocenters. The van der Waals surface area contributed by atoms with Crippen molar-refractivity contribution in [3.05, 3.63) is 41.7 Å². The van der Waals surface area contributed by atoms with Gasteiger partial charge in [0.05, 0.1) is 156 Å². The molecular formula is C33H54N6O11. The highest BCUT2D eigenvalue weighted by molar-refractivity contribution is 5.75. The Kier molecular flexibility index (Phi) is 27.4. The number of ether oxygens (including phenoxy) is 10. The summed E-state index contributed by atoms with van der Waals surface area (Å²) < 4.78 is 56.0. The van der Waals surface area contributed by atoms with Gasteiger partial charge in [-0.2, -0.15) is 5.26 Å². The molecule has 0 fully saturated rings. The number of nitriles is 1. The number of carbonyl (C=O) groups is 1. The molecule has 0 aliphatic rings. The molecule has 0 atom stereocenters. The predicted octanol–water partition coefficient (Wildman–Crippen LogP) is 0.270. The van der Waals surface area contributed by atoms with E-state index in [0.29, 0.717) is 156 Å². The molecular weight excluding hydrogens is 656 g/mol. The molecule has 1 aromatic heterocycles. The summed E-state index contributed by atoms with van der Waals surface area (Å²) in [6, 6.07) is 9.16. The Bertz CT molecular complexity index is 1120. The van der Waals surface area contributed by atoms with Crippen LogP contribution in [0.5, 0.6) is 0 Å². The Morgan fingerprint density at radius 1 is 0.640 bits per heavy atom. The molecule has 3 N–H and O–H groups in total. The number of aromatic nitrogens is 3. The molecule has 0 radical (unpaired) electrons. The normalized spacial score (nSPS) is 11.2. The fraction of sp³-hybridized carbons (Fsp3) is 0.697. The zero-order chi connectivity index (χ0) is 35.6. The van der Waals surface area contributed by atoms with Gasteiger partial charge in [-0.25, -0.2) is 4.68 Å². The second-order valence-electron chi connectivity index (χ2n) is 10.3. The van der Waals surface area contributed by atoms with E-state index in [1.54, 1.807) is 23.0 Å². The smallest absolute Gasteiger partial charge is 0.222 e. The van der Waals surface area contributed by atoms with Crippen LogP contribution in [-0.2, 0) is 58.8 Å². The summed E-state index contributed by atoms with van der Waals surface area (Å²) in [5, 5.41) is 19.9. The lowest BCUT2D eigenvalue weighted by Crippen LogP contribution is -2.28. The van der Waals surface area contributed by atoms with Crippen LogP contribution < -0.4 is 11.1 Å². The predicted molar refractivity (Wildman–Crippen MR) is 180 cm³/mol. The molecule has 2 rings (SSSR count). The van der Waals surface area contributed by atoms with Crippen LogP contribution in [0.4, 0.5) is 0 Å². The molecule has 17 nitrogen and oxygen atoms in total. The fourth-order valence-electron chi connectivity index (χ4n) is 3.82. The third-order valence-corrected chi connectivity index (χ3v) is 6.33. The quantitative estimate of drug-likeness (QED) is 0.0923. The second-order valence-corrected chi connectivity index (χ2v) is 10.3. The monoisotopic (exact) mass is 710 g/mol. The van der Waals surface area contributed by atoms with Crippen LogP contribution >= 0.6 is 0 Å². The molecule has 0 aliphatic carbocycles. The zero-order valence-corrected chi connectivity index (χ0v) is 29.0. The van der Waals surface area contributed by atoms with Gasteiger partial charge < -0.3 is 58.4 Å². The maximum atomic E-state index is 11.9. The summed E-state index contributed by atoms with van der Waals surface area (Å²) in [5.41, 5.74) is 7.43. The zero-order valence-electron chi connectivity index (χ0n) is 29.0. The molecule has 0 saturated heterocycles. The van der Waals surface area contributed by atoms with Crippen LogP contribution in [0.1, 0.15) is 17.7 Å². The van der Waals surface area contributed by atoms with E-state index in [1.165, 1.54) is 0 Å². The topological polar surface area (TPSA) is 202 Å². The molecule has 1 heterocycles. The van der Waals surface area contributed by atoms with E-state index in [1.807, 2.05) is 12.1 Å². The number of hydrogen-bond acceptors (Lipinski definition) is 15. The Morgan fingerprint density at radius 2 is 1.08 bits per heavy atom. The van der Waals surface area contributed by atoms with Crippen LogP contribution in [-0.4, -0.2) is 160 Å². The summed E-state index contributed by atoms with van der Waals surface area (Å²) >= 11 is 0. The Hall–Kier alpha value is -3.12. The van der Waals surface area contributed by atoms with E-state index in [0.717, 1.165) is 5.69 Å². The first kappa shape index (κ1) is 43.0. The molecule has 0 bridgehead atoms. The summed E-state index contributed by atoms with van der Waals surface area (Å²) in [7, 11) is 0. The van der Waals surface area contributed by atoms with Gasteiger partial charge in [0.2, 0.25) is 5.91 Å². The van der Waals surface area contributed by atoms with Crippen LogP contribution in [0.2, 0.25) is 0 Å². The number of rotatable bonds is 35. The van der Waals surface area contributed by atoms with Gasteiger partial charge in [-0.3, -0.25) is 4.79 Å². The third kappa shape index (κ3) is 24.1. The summed E-state index contributed by atoms with van der Waals surface area (Å²) in [6.07, 6.45) is 2.05. The molecule has 0 spiro atoms. The van der Waals surface area contributed by atoms with Crippen molar-refractivity contribution in [3.8, 4) is 11.8 Å². The number of nitrogens with one attached hydrogen (secondary N) is 1. The highest BCUT2D eigenvalue weighted by atomic mass is 16.6. The van der Waals surface area contributed by atoms with Crippen molar-refractivity contribution in [2.75, 3.05) is 139 Å². The van der Waals surface area contributed by atoms with Gasteiger partial charge in [0.1, 0.15) is 5.69 Å². The van der Waals surface area contributed by atoms with Crippen molar-refractivity contribution in [1.29, 1.82) is 5.26 Å². The lowest BCUT2D eigenvalue weighted by Gasteiger charge is -2.09. The molecule has 0 saturated carbocycles. The fourth-order valence-corrected chi connectivity index (χ4v) is 3.82. The van der Waals surface area contributed by atoms with Gasteiger partial charge in [0.15, 0.2) is 0 Å². The molecule has 0 aliphatic heterocycles. The van der Waals surface area contributed by atoms with Crippen LogP contribution in [0.15, 0.2) is 30.5 Å². The van der Waals surface area contributed by atoms with E-state index < -0.39 is 0 Å². The number of nitrogens with zero attached hydrogens (tertiary/aromatic N) is 4. The standard InChI is InChI=1S/C33H54N6O11/c34-6-9-42-12-15-45-18-21-47-22-19-46-16-13-43-10-7-36-33(40)5-8-41-11-14-44-17-20-48-23-24-49-25-26-50-29-31-28-39(38-37-31)32-3-1-30(27-35)2-4-32/h1-4,28H,5-26,29,34H2,(H,36,40). The van der Waals surface area contributed by atoms with E-state index in [-0.39, 0.29) is 12.3 Å². The first-order valence-corrected chi connectivity index (χ1v) is 16.9. The first-order chi connectivity index (χ1) is 24.7. The highest BCUT2D eigenvalue weighted by Crippen LogP contribution is 2.09. The Balaban J connectivity index is 1.22. The van der Waals surface area contributed by atoms with E-state index in [2.05, 4.69) is 21.7 Å². The van der Waals surface area contributed by atoms with Gasteiger partial charge >= 0.3 is 0 Å². The van der Waals surface area contributed by atoms with Crippen molar-refractivity contribution in [1.82, 2.24) is 20.3 Å². The van der Waals surface area contributed by atoms with Crippen molar-refractivity contribution in [3.63, 3.8) is 0 Å². The molecule has 1 aromatic carbocycles. The average molecular weight is 711 g/mol. The number of amides is 1.